The fourth-order valence-corrected chi connectivity index (χ4v) is 1.68. The van der Waals surface area contributed by atoms with Gasteiger partial charge in [0.25, 0.3) is 0 Å². The minimum absolute atomic E-state index is 0.358. The summed E-state index contributed by atoms with van der Waals surface area (Å²) in [4.78, 5) is 11.2. The average molecular weight is 277 g/mol. The SMILES string of the molecule is CCOC(=O)/C=C/c1ccc(-c2ccc(Cl)cc2)o1. The lowest BCUT2D eigenvalue weighted by Gasteiger charge is -1.96. The molecule has 0 unspecified atom stereocenters. The van der Waals surface area contributed by atoms with Crippen LogP contribution in [0, 0.1) is 0 Å². The van der Waals surface area contributed by atoms with E-state index in [9.17, 15) is 4.79 Å². The molecular formula is C15H13ClO3. The van der Waals surface area contributed by atoms with E-state index in [-0.39, 0.29) is 5.97 Å². The summed E-state index contributed by atoms with van der Waals surface area (Å²) < 4.78 is 10.4. The normalized spacial score (nSPS) is 10.8. The van der Waals surface area contributed by atoms with Gasteiger partial charge in [0.15, 0.2) is 0 Å². The molecule has 0 fully saturated rings. The summed E-state index contributed by atoms with van der Waals surface area (Å²) in [5.74, 6) is 0.935. The molecule has 1 heterocycles. The topological polar surface area (TPSA) is 39.4 Å². The molecule has 0 bridgehead atoms. The van der Waals surface area contributed by atoms with E-state index in [1.807, 2.05) is 18.2 Å². The Bertz CT molecular complexity index is 582. The highest BCUT2D eigenvalue weighted by Crippen LogP contribution is 2.24. The van der Waals surface area contributed by atoms with Crippen LogP contribution in [0.25, 0.3) is 17.4 Å². The molecule has 0 aliphatic rings. The van der Waals surface area contributed by atoms with Crippen LogP contribution in [0.3, 0.4) is 0 Å². The maximum absolute atomic E-state index is 11.2. The van der Waals surface area contributed by atoms with Gasteiger partial charge in [-0.1, -0.05) is 11.6 Å². The molecule has 19 heavy (non-hydrogen) atoms. The van der Waals surface area contributed by atoms with Crippen molar-refractivity contribution in [3.8, 4) is 11.3 Å². The Morgan fingerprint density at radius 3 is 2.68 bits per heavy atom. The Hall–Kier alpha value is -2.00. The van der Waals surface area contributed by atoms with E-state index in [4.69, 9.17) is 20.8 Å². The van der Waals surface area contributed by atoms with Gasteiger partial charge in [0.1, 0.15) is 11.5 Å². The molecule has 0 aliphatic carbocycles. The number of hydrogen-bond donors (Lipinski definition) is 0. The summed E-state index contributed by atoms with van der Waals surface area (Å²) >= 11 is 5.83. The lowest BCUT2D eigenvalue weighted by atomic mass is 10.2. The maximum Gasteiger partial charge on any atom is 0.330 e. The van der Waals surface area contributed by atoms with E-state index >= 15 is 0 Å². The fraction of sp³-hybridized carbons (Fsp3) is 0.133. The molecule has 0 atom stereocenters. The largest absolute Gasteiger partial charge is 0.463 e. The molecule has 1 aromatic carbocycles. The molecular weight excluding hydrogens is 264 g/mol. The van der Waals surface area contributed by atoms with E-state index in [0.717, 1.165) is 11.3 Å². The van der Waals surface area contributed by atoms with Crippen LogP contribution < -0.4 is 0 Å². The summed E-state index contributed by atoms with van der Waals surface area (Å²) in [6.45, 7) is 2.12. The van der Waals surface area contributed by atoms with Crippen molar-refractivity contribution in [1.82, 2.24) is 0 Å². The van der Waals surface area contributed by atoms with Crippen LogP contribution in [0.4, 0.5) is 0 Å². The Labute approximate surface area is 116 Å². The molecule has 4 heteroatoms. The van der Waals surface area contributed by atoms with Crippen molar-refractivity contribution in [2.24, 2.45) is 0 Å². The zero-order valence-corrected chi connectivity index (χ0v) is 11.2. The van der Waals surface area contributed by atoms with Crippen molar-refractivity contribution < 1.29 is 13.9 Å². The van der Waals surface area contributed by atoms with Gasteiger partial charge in [0.2, 0.25) is 0 Å². The minimum atomic E-state index is -0.382. The van der Waals surface area contributed by atoms with E-state index in [1.54, 1.807) is 31.2 Å². The van der Waals surface area contributed by atoms with Gasteiger partial charge in [-0.25, -0.2) is 4.79 Å². The van der Waals surface area contributed by atoms with Crippen molar-refractivity contribution in [1.29, 1.82) is 0 Å². The fourth-order valence-electron chi connectivity index (χ4n) is 1.55. The second-order valence-electron chi connectivity index (χ2n) is 3.79. The Morgan fingerprint density at radius 1 is 1.26 bits per heavy atom. The zero-order valence-electron chi connectivity index (χ0n) is 10.4. The molecule has 0 radical (unpaired) electrons. The lowest BCUT2D eigenvalue weighted by molar-refractivity contribution is -0.137. The summed E-state index contributed by atoms with van der Waals surface area (Å²) in [5, 5.41) is 0.678. The number of rotatable bonds is 4. The third-order valence-electron chi connectivity index (χ3n) is 2.43. The van der Waals surface area contributed by atoms with Crippen LogP contribution in [-0.4, -0.2) is 12.6 Å². The summed E-state index contributed by atoms with van der Waals surface area (Å²) in [6, 6.07) is 11.0. The van der Waals surface area contributed by atoms with E-state index < -0.39 is 0 Å². The highest BCUT2D eigenvalue weighted by molar-refractivity contribution is 6.30. The zero-order chi connectivity index (χ0) is 13.7. The van der Waals surface area contributed by atoms with Gasteiger partial charge in [-0.05, 0) is 49.4 Å². The van der Waals surface area contributed by atoms with Gasteiger partial charge in [-0.2, -0.15) is 0 Å². The number of carbonyl (C=O) groups is 1. The molecule has 2 aromatic rings. The number of hydrogen-bond acceptors (Lipinski definition) is 3. The van der Waals surface area contributed by atoms with Gasteiger partial charge >= 0.3 is 5.97 Å². The molecule has 2 rings (SSSR count). The third-order valence-corrected chi connectivity index (χ3v) is 2.68. The number of ether oxygens (including phenoxy) is 1. The smallest absolute Gasteiger partial charge is 0.330 e. The quantitative estimate of drug-likeness (QED) is 0.621. The Morgan fingerprint density at radius 2 is 2.00 bits per heavy atom. The van der Waals surface area contributed by atoms with Crippen LogP contribution in [-0.2, 0) is 9.53 Å². The summed E-state index contributed by atoms with van der Waals surface area (Å²) in [7, 11) is 0. The second kappa shape index (κ2) is 6.25. The Balaban J connectivity index is 2.11. The van der Waals surface area contributed by atoms with Crippen LogP contribution in [0.2, 0.25) is 5.02 Å². The molecule has 0 N–H and O–H groups in total. The first-order chi connectivity index (χ1) is 9.19. The number of furan rings is 1. The first-order valence-corrected chi connectivity index (χ1v) is 6.27. The summed E-state index contributed by atoms with van der Waals surface area (Å²) in [5.41, 5.74) is 0.931. The van der Waals surface area contributed by atoms with Crippen LogP contribution in [0.15, 0.2) is 46.9 Å². The predicted molar refractivity (Wildman–Crippen MR) is 74.8 cm³/mol. The van der Waals surface area contributed by atoms with Gasteiger partial charge in [0.05, 0.1) is 6.61 Å². The standard InChI is InChI=1S/C15H13ClO3/c1-2-18-15(17)10-8-13-7-9-14(19-13)11-3-5-12(16)6-4-11/h3-10H,2H2,1H3/b10-8+. The van der Waals surface area contributed by atoms with Crippen LogP contribution in [0.5, 0.6) is 0 Å². The number of carbonyl (C=O) groups excluding carboxylic acids is 1. The first-order valence-electron chi connectivity index (χ1n) is 5.89. The highest BCUT2D eigenvalue weighted by Gasteiger charge is 2.03. The van der Waals surface area contributed by atoms with Gasteiger partial charge in [0, 0.05) is 16.7 Å². The first kappa shape index (κ1) is 13.4. The van der Waals surface area contributed by atoms with Gasteiger partial charge in [-0.3, -0.25) is 0 Å². The molecule has 0 aliphatic heterocycles. The van der Waals surface area contributed by atoms with Crippen LogP contribution in [0.1, 0.15) is 12.7 Å². The van der Waals surface area contributed by atoms with Gasteiger partial charge < -0.3 is 9.15 Å². The Kier molecular flexibility index (Phi) is 4.42. The van der Waals surface area contributed by atoms with Crippen molar-refractivity contribution in [3.05, 3.63) is 53.3 Å². The van der Waals surface area contributed by atoms with Crippen LogP contribution >= 0.6 is 11.6 Å². The van der Waals surface area contributed by atoms with E-state index in [0.29, 0.717) is 17.4 Å². The van der Waals surface area contributed by atoms with Crippen molar-refractivity contribution >= 4 is 23.6 Å². The van der Waals surface area contributed by atoms with Gasteiger partial charge in [-0.15, -0.1) is 0 Å². The van der Waals surface area contributed by atoms with Crippen molar-refractivity contribution in [3.63, 3.8) is 0 Å². The molecule has 3 nitrogen and oxygen atoms in total. The molecule has 1 aromatic heterocycles. The lowest BCUT2D eigenvalue weighted by Crippen LogP contribution is -1.98. The molecule has 0 saturated carbocycles. The van der Waals surface area contributed by atoms with Crippen molar-refractivity contribution in [2.75, 3.05) is 6.61 Å². The van der Waals surface area contributed by atoms with E-state index in [1.165, 1.54) is 6.08 Å². The third kappa shape index (κ3) is 3.73. The number of halogens is 1. The molecule has 0 spiro atoms. The average Bonchev–Trinajstić information content (AvgIpc) is 2.86. The minimum Gasteiger partial charge on any atom is -0.463 e. The number of benzene rings is 1. The monoisotopic (exact) mass is 276 g/mol. The van der Waals surface area contributed by atoms with E-state index in [2.05, 4.69) is 0 Å². The molecule has 0 amide bonds. The molecule has 0 saturated heterocycles. The number of esters is 1. The van der Waals surface area contributed by atoms with Crippen molar-refractivity contribution in [2.45, 2.75) is 6.92 Å². The predicted octanol–water partition coefficient (Wildman–Crippen LogP) is 4.18. The molecule has 98 valence electrons. The second-order valence-corrected chi connectivity index (χ2v) is 4.23. The maximum atomic E-state index is 11.2. The highest BCUT2D eigenvalue weighted by atomic mass is 35.5. The summed E-state index contributed by atoms with van der Waals surface area (Å²) in [6.07, 6.45) is 2.92.